The van der Waals surface area contributed by atoms with Gasteiger partial charge in [0.2, 0.25) is 0 Å². The summed E-state index contributed by atoms with van der Waals surface area (Å²) in [4.78, 5) is 3.95. The van der Waals surface area contributed by atoms with E-state index in [4.69, 9.17) is 16.3 Å². The second-order valence-electron chi connectivity index (χ2n) is 4.01. The van der Waals surface area contributed by atoms with E-state index in [9.17, 15) is 5.11 Å². The molecule has 2 rings (SSSR count). The lowest BCUT2D eigenvalue weighted by Crippen LogP contribution is -2.06. The van der Waals surface area contributed by atoms with E-state index in [0.29, 0.717) is 23.9 Å². The van der Waals surface area contributed by atoms with E-state index in [1.165, 1.54) is 0 Å². The molecule has 5 heteroatoms. The molecule has 4 nitrogen and oxygen atoms in total. The molecule has 0 aliphatic heterocycles. The number of hydrogen-bond donors (Lipinski definition) is 1. The minimum atomic E-state index is -0.525. The van der Waals surface area contributed by atoms with Gasteiger partial charge in [0.25, 0.3) is 0 Å². The Hall–Kier alpha value is -1.52. The van der Waals surface area contributed by atoms with Crippen molar-refractivity contribution in [1.29, 1.82) is 0 Å². The summed E-state index contributed by atoms with van der Waals surface area (Å²) < 4.78 is 7.51. The van der Waals surface area contributed by atoms with Crippen molar-refractivity contribution in [2.75, 3.05) is 6.61 Å². The molecule has 0 saturated carbocycles. The molecule has 0 saturated heterocycles. The zero-order valence-corrected chi connectivity index (χ0v) is 10.8. The highest BCUT2D eigenvalue weighted by atomic mass is 35.5. The number of aromatic nitrogens is 2. The molecule has 0 aliphatic rings. The van der Waals surface area contributed by atoms with Crippen LogP contribution in [0.4, 0.5) is 0 Å². The van der Waals surface area contributed by atoms with Gasteiger partial charge in [-0.2, -0.15) is 0 Å². The van der Waals surface area contributed by atoms with Crippen molar-refractivity contribution in [1.82, 2.24) is 9.55 Å². The molecule has 0 amide bonds. The largest absolute Gasteiger partial charge is 0.490 e. The highest BCUT2D eigenvalue weighted by Gasteiger charge is 2.06. The fourth-order valence-electron chi connectivity index (χ4n) is 1.57. The SMILES string of the molecule is C[C@@H](O)c1ccc(OCCn2ccnc2)c(Cl)c1. The van der Waals surface area contributed by atoms with Crippen LogP contribution < -0.4 is 4.74 Å². The Morgan fingerprint density at radius 1 is 1.50 bits per heavy atom. The molecule has 0 aliphatic carbocycles. The van der Waals surface area contributed by atoms with Gasteiger partial charge in [-0.3, -0.25) is 0 Å². The summed E-state index contributed by atoms with van der Waals surface area (Å²) >= 11 is 6.08. The average Bonchev–Trinajstić information content (AvgIpc) is 2.84. The summed E-state index contributed by atoms with van der Waals surface area (Å²) in [6.07, 6.45) is 4.82. The summed E-state index contributed by atoms with van der Waals surface area (Å²) in [5.41, 5.74) is 0.780. The lowest BCUT2D eigenvalue weighted by molar-refractivity contribution is 0.199. The second-order valence-corrected chi connectivity index (χ2v) is 4.42. The molecule has 0 unspecified atom stereocenters. The van der Waals surface area contributed by atoms with E-state index in [-0.39, 0.29) is 0 Å². The van der Waals surface area contributed by atoms with Crippen molar-refractivity contribution in [3.8, 4) is 5.75 Å². The first-order valence-electron chi connectivity index (χ1n) is 5.73. The van der Waals surface area contributed by atoms with Gasteiger partial charge in [-0.15, -0.1) is 0 Å². The normalized spacial score (nSPS) is 12.4. The molecule has 96 valence electrons. The molecule has 1 N–H and O–H groups in total. The van der Waals surface area contributed by atoms with Gasteiger partial charge in [0.05, 0.1) is 24.0 Å². The highest BCUT2D eigenvalue weighted by Crippen LogP contribution is 2.27. The van der Waals surface area contributed by atoms with Gasteiger partial charge in [0.15, 0.2) is 0 Å². The number of aliphatic hydroxyl groups is 1. The van der Waals surface area contributed by atoms with Gasteiger partial charge in [-0.25, -0.2) is 4.98 Å². The Morgan fingerprint density at radius 2 is 2.33 bits per heavy atom. The minimum Gasteiger partial charge on any atom is -0.490 e. The zero-order valence-electron chi connectivity index (χ0n) is 10.1. The van der Waals surface area contributed by atoms with Crippen LogP contribution in [-0.2, 0) is 6.54 Å². The van der Waals surface area contributed by atoms with Crippen LogP contribution in [0.2, 0.25) is 5.02 Å². The van der Waals surface area contributed by atoms with Crippen LogP contribution in [0.1, 0.15) is 18.6 Å². The van der Waals surface area contributed by atoms with Gasteiger partial charge >= 0.3 is 0 Å². The van der Waals surface area contributed by atoms with E-state index >= 15 is 0 Å². The quantitative estimate of drug-likeness (QED) is 0.905. The molecule has 1 atom stereocenters. The molecule has 0 spiro atoms. The Balaban J connectivity index is 1.93. The Bertz CT molecular complexity index is 498. The van der Waals surface area contributed by atoms with Crippen LogP contribution >= 0.6 is 11.6 Å². The third kappa shape index (κ3) is 3.24. The van der Waals surface area contributed by atoms with Gasteiger partial charge < -0.3 is 14.4 Å². The first kappa shape index (κ1) is 12.9. The van der Waals surface area contributed by atoms with Gasteiger partial charge in [0.1, 0.15) is 12.4 Å². The second kappa shape index (κ2) is 5.89. The van der Waals surface area contributed by atoms with Gasteiger partial charge in [0, 0.05) is 12.4 Å². The molecule has 2 aromatic rings. The maximum absolute atomic E-state index is 9.43. The van der Waals surface area contributed by atoms with Crippen molar-refractivity contribution >= 4 is 11.6 Å². The van der Waals surface area contributed by atoms with Gasteiger partial charge in [-0.1, -0.05) is 17.7 Å². The number of ether oxygens (including phenoxy) is 1. The third-order valence-electron chi connectivity index (χ3n) is 2.60. The number of hydrogen-bond acceptors (Lipinski definition) is 3. The molecular formula is C13H15ClN2O2. The molecule has 0 bridgehead atoms. The third-order valence-corrected chi connectivity index (χ3v) is 2.90. The molecule has 0 fully saturated rings. The van der Waals surface area contributed by atoms with E-state index < -0.39 is 6.10 Å². The van der Waals surface area contributed by atoms with Gasteiger partial charge in [-0.05, 0) is 24.6 Å². The number of halogens is 1. The lowest BCUT2D eigenvalue weighted by Gasteiger charge is -2.11. The minimum absolute atomic E-state index is 0.513. The summed E-state index contributed by atoms with van der Waals surface area (Å²) in [5, 5.41) is 9.94. The standard InChI is InChI=1S/C13H15ClN2O2/c1-10(17)11-2-3-13(12(14)8-11)18-7-6-16-5-4-15-9-16/h2-5,8-10,17H,6-7H2,1H3/t10-/m1/s1. The highest BCUT2D eigenvalue weighted by molar-refractivity contribution is 6.32. The molecular weight excluding hydrogens is 252 g/mol. The molecule has 1 aromatic carbocycles. The van der Waals surface area contributed by atoms with E-state index in [2.05, 4.69) is 4.98 Å². The maximum Gasteiger partial charge on any atom is 0.138 e. The smallest absolute Gasteiger partial charge is 0.138 e. The first-order valence-corrected chi connectivity index (χ1v) is 6.10. The lowest BCUT2D eigenvalue weighted by atomic mass is 10.1. The van der Waals surface area contributed by atoms with E-state index in [0.717, 1.165) is 5.56 Å². The number of rotatable bonds is 5. The summed E-state index contributed by atoms with van der Waals surface area (Å²) in [6.45, 7) is 2.93. The average molecular weight is 267 g/mol. The molecule has 18 heavy (non-hydrogen) atoms. The molecule has 1 heterocycles. The van der Waals surface area contributed by atoms with E-state index in [1.54, 1.807) is 31.6 Å². The van der Waals surface area contributed by atoms with Crippen LogP contribution in [0, 0.1) is 0 Å². The van der Waals surface area contributed by atoms with Crippen LogP contribution in [0.25, 0.3) is 0 Å². The summed E-state index contributed by atoms with van der Waals surface area (Å²) in [7, 11) is 0. The van der Waals surface area contributed by atoms with Crippen LogP contribution in [-0.4, -0.2) is 21.3 Å². The van der Waals surface area contributed by atoms with Crippen molar-refractivity contribution in [2.45, 2.75) is 19.6 Å². The van der Waals surface area contributed by atoms with Crippen molar-refractivity contribution in [3.05, 3.63) is 47.5 Å². The topological polar surface area (TPSA) is 47.3 Å². The first-order chi connectivity index (χ1) is 8.66. The van der Waals surface area contributed by atoms with Crippen LogP contribution in [0.3, 0.4) is 0 Å². The van der Waals surface area contributed by atoms with E-state index in [1.807, 2.05) is 16.8 Å². The monoisotopic (exact) mass is 266 g/mol. The van der Waals surface area contributed by atoms with Crippen molar-refractivity contribution in [2.24, 2.45) is 0 Å². The maximum atomic E-state index is 9.43. The predicted molar refractivity (Wildman–Crippen MR) is 69.8 cm³/mol. The Kier molecular flexibility index (Phi) is 4.23. The fraction of sp³-hybridized carbons (Fsp3) is 0.308. The predicted octanol–water partition coefficient (Wildman–Crippen LogP) is 2.67. The summed E-state index contributed by atoms with van der Waals surface area (Å²) in [6, 6.07) is 5.31. The molecule has 1 aromatic heterocycles. The Labute approximate surface area is 111 Å². The molecule has 0 radical (unpaired) electrons. The van der Waals surface area contributed by atoms with Crippen LogP contribution in [0.5, 0.6) is 5.75 Å². The van der Waals surface area contributed by atoms with Crippen molar-refractivity contribution < 1.29 is 9.84 Å². The van der Waals surface area contributed by atoms with Crippen LogP contribution in [0.15, 0.2) is 36.9 Å². The number of benzene rings is 1. The fourth-order valence-corrected chi connectivity index (χ4v) is 1.82. The Morgan fingerprint density at radius 3 is 2.94 bits per heavy atom. The van der Waals surface area contributed by atoms with Crippen molar-refractivity contribution in [3.63, 3.8) is 0 Å². The number of imidazole rings is 1. The summed E-state index contributed by atoms with van der Waals surface area (Å²) in [5.74, 6) is 0.626. The number of nitrogens with zero attached hydrogens (tertiary/aromatic N) is 2. The zero-order chi connectivity index (χ0) is 13.0. The number of aliphatic hydroxyl groups excluding tert-OH is 1.